The second kappa shape index (κ2) is 4.49. The highest BCUT2D eigenvalue weighted by Gasteiger charge is 2.21. The summed E-state index contributed by atoms with van der Waals surface area (Å²) in [6.07, 6.45) is 0. The molecule has 1 aromatic carbocycles. The summed E-state index contributed by atoms with van der Waals surface area (Å²) in [5.74, 6) is 0. The van der Waals surface area contributed by atoms with E-state index in [0.29, 0.717) is 4.47 Å². The third-order valence-electron chi connectivity index (χ3n) is 1.78. The van der Waals surface area contributed by atoms with E-state index in [9.17, 15) is 8.42 Å². The van der Waals surface area contributed by atoms with Gasteiger partial charge in [0.15, 0.2) is 0 Å². The van der Waals surface area contributed by atoms with Gasteiger partial charge in [0.1, 0.15) is 4.90 Å². The summed E-state index contributed by atoms with van der Waals surface area (Å²) in [5.41, 5.74) is 5.83. The van der Waals surface area contributed by atoms with Crippen LogP contribution in [-0.4, -0.2) is 8.42 Å². The maximum absolute atomic E-state index is 11.3. The monoisotopic (exact) mass is 308 g/mol. The number of hydrogen-bond acceptors (Lipinski definition) is 4. The third kappa shape index (κ3) is 2.49. The van der Waals surface area contributed by atoms with Crippen LogP contribution in [0.3, 0.4) is 0 Å². The molecule has 0 amide bonds. The third-order valence-corrected chi connectivity index (χ3v) is 4.12. The van der Waals surface area contributed by atoms with Crippen molar-refractivity contribution >= 4 is 35.7 Å². The summed E-state index contributed by atoms with van der Waals surface area (Å²) in [4.78, 5) is -0.134. The van der Waals surface area contributed by atoms with Gasteiger partial charge in [-0.25, -0.2) is 8.42 Å². The van der Waals surface area contributed by atoms with Crippen LogP contribution in [0.2, 0.25) is 0 Å². The second-order valence-electron chi connectivity index (χ2n) is 2.66. The Hall–Kier alpha value is -0.610. The Balaban J connectivity index is 3.71. The summed E-state index contributed by atoms with van der Waals surface area (Å²) >= 11 is 3.06. The summed E-state index contributed by atoms with van der Waals surface area (Å²) in [5, 5.41) is 8.77. The summed E-state index contributed by atoms with van der Waals surface area (Å²) < 4.78 is 22.8. The molecule has 80 valence electrons. The molecule has 0 fully saturated rings. The van der Waals surface area contributed by atoms with Gasteiger partial charge in [-0.1, -0.05) is 0 Å². The molecule has 0 aliphatic heterocycles. The minimum Gasteiger partial charge on any atom is -0.326 e. The molecule has 1 aromatic rings. The van der Waals surface area contributed by atoms with Crippen LogP contribution in [0.5, 0.6) is 0 Å². The fourth-order valence-electron chi connectivity index (χ4n) is 1.17. The molecule has 4 nitrogen and oxygen atoms in total. The second-order valence-corrected chi connectivity index (χ2v) is 6.01. The number of halogens is 2. The minimum atomic E-state index is -3.91. The maximum atomic E-state index is 11.3. The highest BCUT2D eigenvalue weighted by atomic mass is 79.9. The van der Waals surface area contributed by atoms with Crippen molar-refractivity contribution in [3.63, 3.8) is 0 Å². The molecule has 0 radical (unpaired) electrons. The van der Waals surface area contributed by atoms with E-state index >= 15 is 0 Å². The molecule has 0 atom stereocenters. The number of hydrogen-bond donors (Lipinski definition) is 1. The van der Waals surface area contributed by atoms with E-state index in [0.717, 1.165) is 0 Å². The number of rotatable bonds is 2. The van der Waals surface area contributed by atoms with Crippen molar-refractivity contribution in [3.8, 4) is 6.07 Å². The summed E-state index contributed by atoms with van der Waals surface area (Å²) in [7, 11) is 1.34. The van der Waals surface area contributed by atoms with Gasteiger partial charge in [-0.3, -0.25) is 0 Å². The van der Waals surface area contributed by atoms with E-state index < -0.39 is 9.05 Å². The fraction of sp³-hybridized carbons (Fsp3) is 0.125. The molecule has 0 bridgehead atoms. The van der Waals surface area contributed by atoms with Crippen molar-refractivity contribution in [3.05, 3.63) is 27.7 Å². The van der Waals surface area contributed by atoms with Crippen molar-refractivity contribution in [1.82, 2.24) is 0 Å². The predicted octanol–water partition coefficient (Wildman–Crippen LogP) is 1.71. The van der Waals surface area contributed by atoms with Gasteiger partial charge in [-0.2, -0.15) is 5.26 Å². The first-order chi connectivity index (χ1) is 6.91. The first-order valence-corrected chi connectivity index (χ1v) is 6.88. The van der Waals surface area contributed by atoms with Crippen LogP contribution in [0, 0.1) is 11.3 Å². The lowest BCUT2D eigenvalue weighted by molar-refractivity contribution is 0.608. The lowest BCUT2D eigenvalue weighted by Gasteiger charge is -2.08. The van der Waals surface area contributed by atoms with Crippen LogP contribution >= 0.6 is 26.6 Å². The molecular weight excluding hydrogens is 304 g/mol. The Morgan fingerprint density at radius 1 is 1.53 bits per heavy atom. The molecule has 0 spiro atoms. The molecule has 0 heterocycles. The molecule has 0 aliphatic rings. The number of benzene rings is 1. The normalized spacial score (nSPS) is 11.1. The number of nitriles is 1. The van der Waals surface area contributed by atoms with Crippen molar-refractivity contribution in [2.45, 2.75) is 11.4 Å². The van der Waals surface area contributed by atoms with Crippen LogP contribution in [0.4, 0.5) is 0 Å². The first-order valence-electron chi connectivity index (χ1n) is 3.78. The van der Waals surface area contributed by atoms with E-state index in [4.69, 9.17) is 21.7 Å². The predicted molar refractivity (Wildman–Crippen MR) is 59.8 cm³/mol. The smallest absolute Gasteiger partial charge is 0.262 e. The Labute approximate surface area is 100 Å². The van der Waals surface area contributed by atoms with Gasteiger partial charge in [-0.15, -0.1) is 0 Å². The average Bonchev–Trinajstić information content (AvgIpc) is 2.15. The van der Waals surface area contributed by atoms with Crippen LogP contribution in [0.15, 0.2) is 21.5 Å². The molecule has 2 N–H and O–H groups in total. The molecule has 7 heteroatoms. The lowest BCUT2D eigenvalue weighted by Crippen LogP contribution is -2.07. The van der Waals surface area contributed by atoms with Crippen molar-refractivity contribution < 1.29 is 8.42 Å². The van der Waals surface area contributed by atoms with Gasteiger partial charge in [0.25, 0.3) is 9.05 Å². The zero-order valence-corrected chi connectivity index (χ0v) is 10.5. The van der Waals surface area contributed by atoms with Crippen molar-refractivity contribution in [1.29, 1.82) is 5.26 Å². The van der Waals surface area contributed by atoms with Gasteiger partial charge in [-0.05, 0) is 28.1 Å². The highest BCUT2D eigenvalue weighted by Crippen LogP contribution is 2.30. The zero-order chi connectivity index (χ0) is 11.6. The Morgan fingerprint density at radius 3 is 2.53 bits per heavy atom. The van der Waals surface area contributed by atoms with Crippen molar-refractivity contribution in [2.24, 2.45) is 5.73 Å². The Kier molecular flexibility index (Phi) is 3.73. The average molecular weight is 310 g/mol. The number of nitrogens with zero attached hydrogens (tertiary/aromatic N) is 1. The van der Waals surface area contributed by atoms with Gasteiger partial charge in [0.05, 0.1) is 11.6 Å². The molecule has 0 aromatic heterocycles. The van der Waals surface area contributed by atoms with Gasteiger partial charge in [0, 0.05) is 27.3 Å². The van der Waals surface area contributed by atoms with E-state index in [1.165, 1.54) is 12.1 Å². The Bertz CT molecular complexity index is 536. The molecule has 1 rings (SSSR count). The van der Waals surface area contributed by atoms with E-state index in [-0.39, 0.29) is 22.6 Å². The molecule has 0 saturated carbocycles. The number of nitrogens with two attached hydrogens (primary N) is 1. The minimum absolute atomic E-state index is 0.0659. The van der Waals surface area contributed by atoms with Gasteiger partial charge in [0.2, 0.25) is 0 Å². The fourth-order valence-corrected chi connectivity index (χ4v) is 3.78. The molecular formula is C8H6BrClN2O2S. The SMILES string of the molecule is N#Cc1ccc(Br)c(S(=O)(=O)Cl)c1CN. The topological polar surface area (TPSA) is 84.0 Å². The largest absolute Gasteiger partial charge is 0.326 e. The van der Waals surface area contributed by atoms with Gasteiger partial charge < -0.3 is 5.73 Å². The maximum Gasteiger partial charge on any atom is 0.262 e. The standard InChI is InChI=1S/C8H6BrClN2O2S/c9-7-2-1-5(3-11)6(4-12)8(7)15(10,13)14/h1-2H,4,12H2. The van der Waals surface area contributed by atoms with E-state index in [2.05, 4.69) is 15.9 Å². The lowest BCUT2D eigenvalue weighted by atomic mass is 10.1. The Morgan fingerprint density at radius 2 is 2.13 bits per heavy atom. The van der Waals surface area contributed by atoms with E-state index in [1.807, 2.05) is 6.07 Å². The van der Waals surface area contributed by atoms with E-state index in [1.54, 1.807) is 0 Å². The molecule has 0 saturated heterocycles. The quantitative estimate of drug-likeness (QED) is 0.843. The summed E-state index contributed by atoms with van der Waals surface area (Å²) in [6.45, 7) is -0.0659. The van der Waals surface area contributed by atoms with Crippen LogP contribution in [0.25, 0.3) is 0 Å². The summed E-state index contributed by atoms with van der Waals surface area (Å²) in [6, 6.07) is 4.80. The van der Waals surface area contributed by atoms with Crippen LogP contribution in [-0.2, 0) is 15.6 Å². The first kappa shape index (κ1) is 12.5. The van der Waals surface area contributed by atoms with Crippen LogP contribution < -0.4 is 5.73 Å². The highest BCUT2D eigenvalue weighted by molar-refractivity contribution is 9.10. The molecule has 15 heavy (non-hydrogen) atoms. The van der Waals surface area contributed by atoms with Gasteiger partial charge >= 0.3 is 0 Å². The zero-order valence-electron chi connectivity index (χ0n) is 7.37. The van der Waals surface area contributed by atoms with Crippen molar-refractivity contribution in [2.75, 3.05) is 0 Å². The molecule has 0 unspecified atom stereocenters. The molecule has 0 aliphatic carbocycles. The van der Waals surface area contributed by atoms with Crippen LogP contribution in [0.1, 0.15) is 11.1 Å².